The lowest BCUT2D eigenvalue weighted by Gasteiger charge is -2.16. The molecule has 6 heteroatoms. The van der Waals surface area contributed by atoms with E-state index in [2.05, 4.69) is 10.1 Å². The fraction of sp³-hybridized carbons (Fsp3) is 0.538. The SMILES string of the molecule is CCC(CCO)NCc1cccc(OC(F)(F)F)c1. The molecule has 1 unspecified atom stereocenters. The Bertz CT molecular complexity index is 382. The molecule has 0 aliphatic rings. The highest BCUT2D eigenvalue weighted by Crippen LogP contribution is 2.23. The third-order valence-electron chi connectivity index (χ3n) is 2.70. The van der Waals surface area contributed by atoms with Crippen molar-refractivity contribution in [1.29, 1.82) is 0 Å². The third-order valence-corrected chi connectivity index (χ3v) is 2.70. The lowest BCUT2D eigenvalue weighted by molar-refractivity contribution is -0.274. The van der Waals surface area contributed by atoms with Crippen LogP contribution in [-0.4, -0.2) is 24.1 Å². The second-order valence-electron chi connectivity index (χ2n) is 4.19. The molecule has 0 aliphatic carbocycles. The van der Waals surface area contributed by atoms with Crippen molar-refractivity contribution in [2.75, 3.05) is 6.61 Å². The van der Waals surface area contributed by atoms with Crippen molar-refractivity contribution in [1.82, 2.24) is 5.32 Å². The minimum atomic E-state index is -4.67. The van der Waals surface area contributed by atoms with E-state index in [1.54, 1.807) is 6.07 Å². The Morgan fingerprint density at radius 3 is 2.68 bits per heavy atom. The maximum atomic E-state index is 12.1. The molecule has 0 aromatic heterocycles. The van der Waals surface area contributed by atoms with Crippen LogP contribution in [0.4, 0.5) is 13.2 Å². The first-order chi connectivity index (χ1) is 8.94. The van der Waals surface area contributed by atoms with Gasteiger partial charge < -0.3 is 15.2 Å². The summed E-state index contributed by atoms with van der Waals surface area (Å²) in [5.74, 6) is -0.220. The standard InChI is InChI=1S/C13H18F3NO2/c1-2-11(6-7-18)17-9-10-4-3-5-12(8-10)19-13(14,15)16/h3-5,8,11,17-18H,2,6-7,9H2,1H3. The van der Waals surface area contributed by atoms with Gasteiger partial charge in [0, 0.05) is 19.2 Å². The largest absolute Gasteiger partial charge is 0.573 e. The van der Waals surface area contributed by atoms with Crippen molar-refractivity contribution < 1.29 is 23.0 Å². The van der Waals surface area contributed by atoms with Crippen molar-refractivity contribution in [3.05, 3.63) is 29.8 Å². The van der Waals surface area contributed by atoms with Gasteiger partial charge >= 0.3 is 6.36 Å². The van der Waals surface area contributed by atoms with Crippen LogP contribution in [0.1, 0.15) is 25.3 Å². The van der Waals surface area contributed by atoms with Crippen LogP contribution in [-0.2, 0) is 6.54 Å². The molecule has 1 atom stereocenters. The molecule has 2 N–H and O–H groups in total. The van der Waals surface area contributed by atoms with E-state index < -0.39 is 6.36 Å². The molecular formula is C13H18F3NO2. The van der Waals surface area contributed by atoms with Gasteiger partial charge in [0.2, 0.25) is 0 Å². The summed E-state index contributed by atoms with van der Waals surface area (Å²) in [6, 6.07) is 6.01. The quantitative estimate of drug-likeness (QED) is 0.805. The number of hydrogen-bond acceptors (Lipinski definition) is 3. The fourth-order valence-electron chi connectivity index (χ4n) is 1.72. The summed E-state index contributed by atoms with van der Waals surface area (Å²) in [7, 11) is 0. The molecule has 0 saturated heterocycles. The number of hydrogen-bond donors (Lipinski definition) is 2. The van der Waals surface area contributed by atoms with Crippen molar-refractivity contribution in [2.45, 2.75) is 38.7 Å². The van der Waals surface area contributed by atoms with Gasteiger partial charge in [0.15, 0.2) is 0 Å². The Kier molecular flexibility index (Phi) is 6.11. The van der Waals surface area contributed by atoms with Gasteiger partial charge in [0.05, 0.1) is 0 Å². The fourth-order valence-corrected chi connectivity index (χ4v) is 1.72. The highest BCUT2D eigenvalue weighted by molar-refractivity contribution is 5.28. The maximum absolute atomic E-state index is 12.1. The zero-order valence-electron chi connectivity index (χ0n) is 10.7. The number of halogens is 3. The molecular weight excluding hydrogens is 259 g/mol. The number of nitrogens with one attached hydrogen (secondary N) is 1. The summed E-state index contributed by atoms with van der Waals surface area (Å²) >= 11 is 0. The summed E-state index contributed by atoms with van der Waals surface area (Å²) < 4.78 is 40.1. The van der Waals surface area contributed by atoms with E-state index in [1.807, 2.05) is 6.92 Å². The summed E-state index contributed by atoms with van der Waals surface area (Å²) in [5.41, 5.74) is 0.707. The van der Waals surface area contributed by atoms with Crippen LogP contribution in [0.3, 0.4) is 0 Å². The molecule has 0 fully saturated rings. The minimum absolute atomic E-state index is 0.0860. The van der Waals surface area contributed by atoms with Gasteiger partial charge in [0.25, 0.3) is 0 Å². The molecule has 0 radical (unpaired) electrons. The lowest BCUT2D eigenvalue weighted by atomic mass is 10.1. The van der Waals surface area contributed by atoms with Crippen LogP contribution >= 0.6 is 0 Å². The monoisotopic (exact) mass is 277 g/mol. The minimum Gasteiger partial charge on any atom is -0.406 e. The number of rotatable bonds is 7. The Balaban J connectivity index is 2.57. The molecule has 0 amide bonds. The molecule has 1 rings (SSSR count). The van der Waals surface area contributed by atoms with E-state index >= 15 is 0 Å². The lowest BCUT2D eigenvalue weighted by Crippen LogP contribution is -2.28. The summed E-state index contributed by atoms with van der Waals surface area (Å²) in [5, 5.41) is 12.0. The summed E-state index contributed by atoms with van der Waals surface area (Å²) in [4.78, 5) is 0. The van der Waals surface area contributed by atoms with Gasteiger partial charge in [-0.2, -0.15) is 0 Å². The smallest absolute Gasteiger partial charge is 0.406 e. The Hall–Kier alpha value is -1.27. The van der Waals surface area contributed by atoms with E-state index in [1.165, 1.54) is 18.2 Å². The third kappa shape index (κ3) is 6.45. The van der Waals surface area contributed by atoms with E-state index in [4.69, 9.17) is 5.11 Å². The average molecular weight is 277 g/mol. The van der Waals surface area contributed by atoms with E-state index in [-0.39, 0.29) is 18.4 Å². The zero-order valence-corrected chi connectivity index (χ0v) is 10.7. The average Bonchev–Trinajstić information content (AvgIpc) is 2.33. The number of alkyl halides is 3. The Morgan fingerprint density at radius 2 is 2.11 bits per heavy atom. The number of benzene rings is 1. The molecule has 3 nitrogen and oxygen atoms in total. The second kappa shape index (κ2) is 7.35. The Labute approximate surface area is 110 Å². The Morgan fingerprint density at radius 1 is 1.37 bits per heavy atom. The van der Waals surface area contributed by atoms with Crippen molar-refractivity contribution >= 4 is 0 Å². The van der Waals surface area contributed by atoms with Gasteiger partial charge in [-0.05, 0) is 30.5 Å². The van der Waals surface area contributed by atoms with E-state index in [0.29, 0.717) is 18.5 Å². The highest BCUT2D eigenvalue weighted by atomic mass is 19.4. The van der Waals surface area contributed by atoms with Gasteiger partial charge in [-0.1, -0.05) is 19.1 Å². The highest BCUT2D eigenvalue weighted by Gasteiger charge is 2.31. The van der Waals surface area contributed by atoms with Crippen molar-refractivity contribution in [2.24, 2.45) is 0 Å². The van der Waals surface area contributed by atoms with Crippen molar-refractivity contribution in [3.8, 4) is 5.75 Å². The van der Waals surface area contributed by atoms with Crippen LogP contribution in [0.2, 0.25) is 0 Å². The van der Waals surface area contributed by atoms with Gasteiger partial charge in [-0.25, -0.2) is 0 Å². The summed E-state index contributed by atoms with van der Waals surface area (Å²) in [6.07, 6.45) is -3.20. The van der Waals surface area contributed by atoms with E-state index in [0.717, 1.165) is 6.42 Å². The molecule has 19 heavy (non-hydrogen) atoms. The van der Waals surface area contributed by atoms with Crippen molar-refractivity contribution in [3.63, 3.8) is 0 Å². The molecule has 0 spiro atoms. The van der Waals surface area contributed by atoms with Crippen LogP contribution < -0.4 is 10.1 Å². The molecule has 0 bridgehead atoms. The second-order valence-corrected chi connectivity index (χ2v) is 4.19. The summed E-state index contributed by atoms with van der Waals surface area (Å²) in [6.45, 7) is 2.51. The number of aliphatic hydroxyl groups excluding tert-OH is 1. The zero-order chi connectivity index (χ0) is 14.3. The molecule has 108 valence electrons. The first-order valence-electron chi connectivity index (χ1n) is 6.13. The number of aliphatic hydroxyl groups is 1. The van der Waals surface area contributed by atoms with Crippen LogP contribution in [0, 0.1) is 0 Å². The molecule has 1 aromatic rings. The van der Waals surface area contributed by atoms with Gasteiger partial charge in [-0.3, -0.25) is 0 Å². The van der Waals surface area contributed by atoms with E-state index in [9.17, 15) is 13.2 Å². The maximum Gasteiger partial charge on any atom is 0.573 e. The van der Waals surface area contributed by atoms with Crippen LogP contribution in [0.25, 0.3) is 0 Å². The van der Waals surface area contributed by atoms with Crippen LogP contribution in [0.15, 0.2) is 24.3 Å². The molecule has 0 saturated carbocycles. The predicted octanol–water partition coefficient (Wildman–Crippen LogP) is 2.84. The molecule has 1 aromatic carbocycles. The predicted molar refractivity (Wildman–Crippen MR) is 65.7 cm³/mol. The normalized spacial score (nSPS) is 13.3. The molecule has 0 aliphatic heterocycles. The first-order valence-corrected chi connectivity index (χ1v) is 6.13. The topological polar surface area (TPSA) is 41.5 Å². The van der Waals surface area contributed by atoms with Crippen LogP contribution in [0.5, 0.6) is 5.75 Å². The van der Waals surface area contributed by atoms with Gasteiger partial charge in [-0.15, -0.1) is 13.2 Å². The van der Waals surface area contributed by atoms with Gasteiger partial charge in [0.1, 0.15) is 5.75 Å². The first kappa shape index (κ1) is 15.8. The molecule has 0 heterocycles. The number of ether oxygens (including phenoxy) is 1.